The third-order valence-electron chi connectivity index (χ3n) is 9.48. The molecule has 0 aliphatic heterocycles. The monoisotopic (exact) mass is 524 g/mol. The van der Waals surface area contributed by atoms with Crippen LogP contribution < -0.4 is 0 Å². The van der Waals surface area contributed by atoms with Crippen LogP contribution in [-0.4, -0.2) is 9.97 Å². The first-order chi connectivity index (χ1) is 19.8. The first-order valence-corrected chi connectivity index (χ1v) is 15.7. The Balaban J connectivity index is 1.44. The van der Waals surface area contributed by atoms with Gasteiger partial charge in [-0.1, -0.05) is 137 Å². The fourth-order valence-corrected chi connectivity index (χ4v) is 7.38. The molecule has 3 aromatic carbocycles. The summed E-state index contributed by atoms with van der Waals surface area (Å²) in [5, 5.41) is 2.43. The summed E-state index contributed by atoms with van der Waals surface area (Å²) in [6.45, 7) is 0. The van der Waals surface area contributed by atoms with Crippen LogP contribution in [0.2, 0.25) is 0 Å². The molecular weight excluding hydrogens is 484 g/mol. The normalized spacial score (nSPS) is 17.0. The van der Waals surface area contributed by atoms with Crippen LogP contribution in [0.4, 0.5) is 0 Å². The fraction of sp³-hybridized carbons (Fsp3) is 0.368. The van der Waals surface area contributed by atoms with Gasteiger partial charge in [-0.25, -0.2) is 0 Å². The zero-order valence-corrected chi connectivity index (χ0v) is 23.6. The predicted octanol–water partition coefficient (Wildman–Crippen LogP) is 10.4. The summed E-state index contributed by atoms with van der Waals surface area (Å²) in [5.41, 5.74) is 9.72. The molecule has 7 rings (SSSR count). The number of hydrogen-bond donors (Lipinski definition) is 0. The highest BCUT2D eigenvalue weighted by Gasteiger charge is 2.20. The molecule has 0 unspecified atom stereocenters. The molecule has 5 aromatic rings. The Morgan fingerprint density at radius 2 is 0.875 bits per heavy atom. The molecule has 0 N–H and O–H groups in total. The topological polar surface area (TPSA) is 25.8 Å². The van der Waals surface area contributed by atoms with Crippen LogP contribution in [0.1, 0.15) is 75.6 Å². The number of nitrogens with zero attached hydrogens (tertiary/aromatic N) is 2. The summed E-state index contributed by atoms with van der Waals surface area (Å²) in [7, 11) is 0. The maximum absolute atomic E-state index is 5.44. The van der Waals surface area contributed by atoms with Gasteiger partial charge in [0.2, 0.25) is 0 Å². The van der Waals surface area contributed by atoms with Gasteiger partial charge >= 0.3 is 0 Å². The van der Waals surface area contributed by atoms with Crippen LogP contribution in [0, 0.1) is 11.8 Å². The van der Waals surface area contributed by atoms with E-state index in [-0.39, 0.29) is 0 Å². The number of rotatable bonds is 6. The summed E-state index contributed by atoms with van der Waals surface area (Å²) in [5.74, 6) is 1.49. The molecule has 2 saturated carbocycles. The second kappa shape index (κ2) is 11.5. The van der Waals surface area contributed by atoms with E-state index < -0.39 is 0 Å². The van der Waals surface area contributed by atoms with Crippen molar-refractivity contribution in [2.24, 2.45) is 11.8 Å². The Hall–Kier alpha value is -3.52. The van der Waals surface area contributed by atoms with Crippen LogP contribution in [-0.2, 0) is 12.8 Å². The Labute approximate surface area is 238 Å². The standard InChI is InChI=1S/C38H40N2/c1-5-13-27(14-6-1)23-31-25-35(29-17-9-3-10-18-29)33-21-22-34-36(30-19-11-4-12-20-30)26-32(40-38(34)37(33)39-31)24-28-15-7-2-8-16-28/h3-4,9-12,17-22,25-28H,1-2,5-8,13-16,23-24H2. The average molecular weight is 525 g/mol. The van der Waals surface area contributed by atoms with Crippen molar-refractivity contribution in [2.75, 3.05) is 0 Å². The van der Waals surface area contributed by atoms with Crippen LogP contribution in [0.15, 0.2) is 84.9 Å². The van der Waals surface area contributed by atoms with E-state index in [2.05, 4.69) is 84.9 Å². The van der Waals surface area contributed by atoms with Gasteiger partial charge < -0.3 is 0 Å². The van der Waals surface area contributed by atoms with E-state index in [4.69, 9.17) is 9.97 Å². The molecule has 40 heavy (non-hydrogen) atoms. The Bertz CT molecular complexity index is 1470. The minimum Gasteiger partial charge on any atom is -0.250 e. The van der Waals surface area contributed by atoms with E-state index in [0.717, 1.165) is 35.7 Å². The summed E-state index contributed by atoms with van der Waals surface area (Å²) in [6.07, 6.45) is 15.7. The summed E-state index contributed by atoms with van der Waals surface area (Å²) in [4.78, 5) is 10.9. The average Bonchev–Trinajstić information content (AvgIpc) is 3.02. The zero-order valence-electron chi connectivity index (χ0n) is 23.6. The predicted molar refractivity (Wildman–Crippen MR) is 168 cm³/mol. The largest absolute Gasteiger partial charge is 0.250 e. The second-order valence-electron chi connectivity index (χ2n) is 12.3. The molecule has 0 radical (unpaired) electrons. The van der Waals surface area contributed by atoms with Crippen molar-refractivity contribution in [3.8, 4) is 22.3 Å². The van der Waals surface area contributed by atoms with Crippen LogP contribution in [0.3, 0.4) is 0 Å². The van der Waals surface area contributed by atoms with Gasteiger partial charge in [0, 0.05) is 22.2 Å². The molecule has 0 bridgehead atoms. The van der Waals surface area contributed by atoms with Crippen molar-refractivity contribution >= 4 is 21.8 Å². The van der Waals surface area contributed by atoms with Gasteiger partial charge in [-0.15, -0.1) is 0 Å². The number of aromatic nitrogens is 2. The lowest BCUT2D eigenvalue weighted by atomic mass is 9.85. The molecule has 202 valence electrons. The SMILES string of the molecule is c1ccc(-c2cc(CC3CCCCC3)nc3c2ccc2c(-c4ccccc4)cc(CC4CCCCC4)nc23)cc1. The highest BCUT2D eigenvalue weighted by Crippen LogP contribution is 2.38. The van der Waals surface area contributed by atoms with Gasteiger partial charge in [-0.2, -0.15) is 0 Å². The molecule has 2 nitrogen and oxygen atoms in total. The maximum atomic E-state index is 5.44. The molecule has 2 aromatic heterocycles. The van der Waals surface area contributed by atoms with Crippen molar-refractivity contribution in [1.82, 2.24) is 9.97 Å². The van der Waals surface area contributed by atoms with Gasteiger partial charge in [-0.3, -0.25) is 9.97 Å². The van der Waals surface area contributed by atoms with E-state index in [9.17, 15) is 0 Å². The van der Waals surface area contributed by atoms with Crippen molar-refractivity contribution in [1.29, 1.82) is 0 Å². The highest BCUT2D eigenvalue weighted by molar-refractivity contribution is 6.12. The van der Waals surface area contributed by atoms with E-state index in [0.29, 0.717) is 0 Å². The number of hydrogen-bond acceptors (Lipinski definition) is 2. The molecule has 2 heterocycles. The molecule has 0 amide bonds. The molecule has 2 heteroatoms. The van der Waals surface area contributed by atoms with Crippen molar-refractivity contribution < 1.29 is 0 Å². The first kappa shape index (κ1) is 25.4. The Morgan fingerprint density at radius 3 is 1.27 bits per heavy atom. The van der Waals surface area contributed by atoms with Crippen molar-refractivity contribution in [3.63, 3.8) is 0 Å². The maximum Gasteiger partial charge on any atom is 0.0974 e. The van der Waals surface area contributed by atoms with Crippen LogP contribution >= 0.6 is 0 Å². The highest BCUT2D eigenvalue weighted by atomic mass is 14.8. The van der Waals surface area contributed by atoms with Gasteiger partial charge in [0.15, 0.2) is 0 Å². The smallest absolute Gasteiger partial charge is 0.0974 e. The third-order valence-corrected chi connectivity index (χ3v) is 9.48. The molecular formula is C38H40N2. The van der Waals surface area contributed by atoms with Crippen molar-refractivity contribution in [2.45, 2.75) is 77.0 Å². The minimum atomic E-state index is 0.743. The second-order valence-corrected chi connectivity index (χ2v) is 12.3. The van der Waals surface area contributed by atoms with Gasteiger partial charge in [0.25, 0.3) is 0 Å². The lowest BCUT2D eigenvalue weighted by molar-refractivity contribution is 0.354. The quantitative estimate of drug-likeness (QED) is 0.206. The molecule has 0 spiro atoms. The zero-order chi connectivity index (χ0) is 26.7. The molecule has 0 atom stereocenters. The number of benzene rings is 3. The number of fused-ring (bicyclic) bond motifs is 3. The van der Waals surface area contributed by atoms with E-state index >= 15 is 0 Å². The van der Waals surface area contributed by atoms with Gasteiger partial charge in [0.05, 0.1) is 11.0 Å². The Kier molecular flexibility index (Phi) is 7.34. The third kappa shape index (κ3) is 5.29. The Morgan fingerprint density at radius 1 is 0.475 bits per heavy atom. The summed E-state index contributed by atoms with van der Waals surface area (Å²) < 4.78 is 0. The lowest BCUT2D eigenvalue weighted by Crippen LogP contribution is -2.11. The number of pyridine rings is 2. The summed E-state index contributed by atoms with van der Waals surface area (Å²) >= 11 is 0. The van der Waals surface area contributed by atoms with E-state index in [1.54, 1.807) is 0 Å². The first-order valence-electron chi connectivity index (χ1n) is 15.7. The van der Waals surface area contributed by atoms with Crippen molar-refractivity contribution in [3.05, 3.63) is 96.3 Å². The van der Waals surface area contributed by atoms with E-state index in [1.165, 1.54) is 109 Å². The molecule has 2 aliphatic rings. The fourth-order valence-electron chi connectivity index (χ4n) is 7.38. The summed E-state index contributed by atoms with van der Waals surface area (Å²) in [6, 6.07) is 31.1. The lowest BCUT2D eigenvalue weighted by Gasteiger charge is -2.23. The minimum absolute atomic E-state index is 0.743. The van der Waals surface area contributed by atoms with Gasteiger partial charge in [0.1, 0.15) is 0 Å². The molecule has 2 aliphatic carbocycles. The molecule has 0 saturated heterocycles. The van der Waals surface area contributed by atoms with Gasteiger partial charge in [-0.05, 0) is 59.1 Å². The van der Waals surface area contributed by atoms with Crippen LogP contribution in [0.5, 0.6) is 0 Å². The molecule has 2 fully saturated rings. The van der Waals surface area contributed by atoms with Crippen LogP contribution in [0.25, 0.3) is 44.1 Å². The van der Waals surface area contributed by atoms with E-state index in [1.807, 2.05) is 0 Å².